The molecule has 0 aliphatic rings. The van der Waals surface area contributed by atoms with Gasteiger partial charge in [-0.15, -0.1) is 0 Å². The molecule has 160 valence electrons. The van der Waals surface area contributed by atoms with Crippen LogP contribution >= 0.6 is 28.5 Å². The Morgan fingerprint density at radius 1 is 0.821 bits per heavy atom. The van der Waals surface area contributed by atoms with Gasteiger partial charge in [0.25, 0.3) is 0 Å². The predicted molar refractivity (Wildman–Crippen MR) is 118 cm³/mol. The maximum atomic E-state index is 11.3. The third kappa shape index (κ3) is 14.8. The number of halogens is 1. The molecular weight excluding hydrogens is 498 g/mol. The van der Waals surface area contributed by atoms with Gasteiger partial charge in [0, 0.05) is 5.56 Å². The minimum absolute atomic E-state index is 0.0569. The fourth-order valence-corrected chi connectivity index (χ4v) is 2.91. The van der Waals surface area contributed by atoms with Crippen LogP contribution in [0.2, 0.25) is 0 Å². The number of carbonyl (C=O) groups is 1. The number of ether oxygens (including phenoxy) is 5. The molecule has 0 bridgehead atoms. The molecule has 7 nitrogen and oxygen atoms in total. The molecule has 1 atom stereocenters. The highest BCUT2D eigenvalue weighted by molar-refractivity contribution is 14.2. The molecule has 1 unspecified atom stereocenters. The third-order valence-electron chi connectivity index (χ3n) is 3.47. The standard InChI is InChI=1S/C19H30IO7P/c1-17(21)19-4-2-3-18(15-19)16-26-12-11-24-8-7-22-5-6-23-9-10-25-13-14-27-28-20/h2-4,15,28H,5-14,16H2,1H3. The van der Waals surface area contributed by atoms with E-state index in [9.17, 15) is 4.79 Å². The van der Waals surface area contributed by atoms with Crippen molar-refractivity contribution in [2.45, 2.75) is 13.5 Å². The van der Waals surface area contributed by atoms with Gasteiger partial charge in [0.1, 0.15) is 0 Å². The van der Waals surface area contributed by atoms with Gasteiger partial charge < -0.3 is 28.2 Å². The Hall–Kier alpha value is -0.190. The van der Waals surface area contributed by atoms with E-state index in [-0.39, 0.29) is 5.78 Å². The molecule has 0 fully saturated rings. The molecule has 0 spiro atoms. The number of Topliss-reactive ketones (excluding diaryl/α,β-unsaturated/α-hetero) is 1. The van der Waals surface area contributed by atoms with Crippen LogP contribution < -0.4 is 0 Å². The monoisotopic (exact) mass is 528 g/mol. The molecule has 0 aliphatic heterocycles. The third-order valence-corrected chi connectivity index (χ3v) is 4.72. The lowest BCUT2D eigenvalue weighted by molar-refractivity contribution is -0.0137. The summed E-state index contributed by atoms with van der Waals surface area (Å²) in [4.78, 5) is 11.3. The molecule has 0 aliphatic carbocycles. The van der Waals surface area contributed by atoms with Crippen molar-refractivity contribution in [1.82, 2.24) is 0 Å². The van der Waals surface area contributed by atoms with Crippen molar-refractivity contribution in [2.75, 3.05) is 66.1 Å². The van der Waals surface area contributed by atoms with E-state index in [1.54, 1.807) is 13.0 Å². The number of carbonyl (C=O) groups excluding carboxylic acids is 1. The fourth-order valence-electron chi connectivity index (χ4n) is 2.09. The second-order valence-electron chi connectivity index (χ2n) is 5.68. The number of rotatable bonds is 19. The zero-order valence-electron chi connectivity index (χ0n) is 16.3. The molecule has 0 aromatic heterocycles. The van der Waals surface area contributed by atoms with E-state index >= 15 is 0 Å². The molecule has 0 heterocycles. The Balaban J connectivity index is 1.81. The Bertz CT molecular complexity index is 519. The summed E-state index contributed by atoms with van der Waals surface area (Å²) < 4.78 is 32.3. The Labute approximate surface area is 182 Å². The first-order valence-corrected chi connectivity index (χ1v) is 13.2. The summed E-state index contributed by atoms with van der Waals surface area (Å²) in [7, 11) is 0. The minimum Gasteiger partial charge on any atom is -0.377 e. The van der Waals surface area contributed by atoms with E-state index in [0.717, 1.165) is 5.56 Å². The lowest BCUT2D eigenvalue weighted by atomic mass is 10.1. The van der Waals surface area contributed by atoms with Gasteiger partial charge in [0.05, 0.1) is 79.1 Å². The molecule has 1 aromatic rings. The summed E-state index contributed by atoms with van der Waals surface area (Å²) in [6.45, 7) is 7.96. The highest BCUT2D eigenvalue weighted by atomic mass is 127. The normalized spacial score (nSPS) is 11.5. The molecule has 0 saturated heterocycles. The first-order chi connectivity index (χ1) is 13.7. The first kappa shape index (κ1) is 25.8. The maximum Gasteiger partial charge on any atom is 0.159 e. The van der Waals surface area contributed by atoms with Crippen LogP contribution in [0.3, 0.4) is 0 Å². The van der Waals surface area contributed by atoms with Crippen LogP contribution in [-0.2, 0) is 34.8 Å². The molecule has 0 radical (unpaired) electrons. The summed E-state index contributed by atoms with van der Waals surface area (Å²) in [5.74, 6) is 0.0569. The number of benzene rings is 1. The van der Waals surface area contributed by atoms with Gasteiger partial charge in [0.15, 0.2) is 5.78 Å². The molecule has 1 aromatic carbocycles. The van der Waals surface area contributed by atoms with E-state index in [1.165, 1.54) is 0 Å². The largest absolute Gasteiger partial charge is 0.377 e. The van der Waals surface area contributed by atoms with Crippen molar-refractivity contribution in [3.63, 3.8) is 0 Å². The van der Waals surface area contributed by atoms with Crippen molar-refractivity contribution < 1.29 is 33.0 Å². The summed E-state index contributed by atoms with van der Waals surface area (Å²) in [6, 6.07) is 7.46. The second-order valence-corrected chi connectivity index (χ2v) is 7.45. The molecule has 0 N–H and O–H groups in total. The van der Waals surface area contributed by atoms with Gasteiger partial charge in [0.2, 0.25) is 0 Å². The van der Waals surface area contributed by atoms with Crippen LogP contribution in [0, 0.1) is 0 Å². The lowest BCUT2D eigenvalue weighted by Crippen LogP contribution is -2.13. The van der Waals surface area contributed by atoms with Crippen LogP contribution in [0.5, 0.6) is 0 Å². The van der Waals surface area contributed by atoms with Gasteiger partial charge in [-0.05, 0) is 40.6 Å². The zero-order chi connectivity index (χ0) is 20.3. The van der Waals surface area contributed by atoms with Crippen molar-refractivity contribution in [2.24, 2.45) is 0 Å². The number of hydrogen-bond acceptors (Lipinski definition) is 7. The minimum atomic E-state index is 0.0569. The van der Waals surface area contributed by atoms with Crippen molar-refractivity contribution >= 4 is 34.3 Å². The van der Waals surface area contributed by atoms with Gasteiger partial charge >= 0.3 is 0 Å². The molecule has 9 heteroatoms. The van der Waals surface area contributed by atoms with Crippen LogP contribution in [-0.4, -0.2) is 71.9 Å². The van der Waals surface area contributed by atoms with Crippen LogP contribution in [0.15, 0.2) is 24.3 Å². The Morgan fingerprint density at radius 3 is 1.82 bits per heavy atom. The SMILES string of the molecule is CC(=O)c1cccc(COCCOCCOCCOCCOCCOPI)c1. The van der Waals surface area contributed by atoms with E-state index in [0.29, 0.717) is 84.7 Å². The molecule has 1 rings (SSSR count). The van der Waals surface area contributed by atoms with Crippen LogP contribution in [0.25, 0.3) is 0 Å². The highest BCUT2D eigenvalue weighted by Gasteiger charge is 2.00. The number of hydrogen-bond donors (Lipinski definition) is 0. The Kier molecular flexibility index (Phi) is 17.4. The molecule has 28 heavy (non-hydrogen) atoms. The fraction of sp³-hybridized carbons (Fsp3) is 0.632. The van der Waals surface area contributed by atoms with Crippen molar-refractivity contribution in [1.29, 1.82) is 0 Å². The van der Waals surface area contributed by atoms with E-state index in [4.69, 9.17) is 28.2 Å². The molecular formula is C19H30IO7P. The second kappa shape index (κ2) is 18.8. The lowest BCUT2D eigenvalue weighted by Gasteiger charge is -2.08. The van der Waals surface area contributed by atoms with Gasteiger partial charge in [-0.3, -0.25) is 4.79 Å². The maximum absolute atomic E-state index is 11.3. The quantitative estimate of drug-likeness (QED) is 0.118. The molecule has 0 saturated carbocycles. The van der Waals surface area contributed by atoms with Crippen LogP contribution in [0.1, 0.15) is 22.8 Å². The Morgan fingerprint density at radius 2 is 1.32 bits per heavy atom. The predicted octanol–water partition coefficient (Wildman–Crippen LogP) is 3.43. The zero-order valence-corrected chi connectivity index (χ0v) is 19.5. The van der Waals surface area contributed by atoms with Crippen molar-refractivity contribution in [3.05, 3.63) is 35.4 Å². The van der Waals surface area contributed by atoms with Gasteiger partial charge in [-0.1, -0.05) is 18.2 Å². The van der Waals surface area contributed by atoms with E-state index in [2.05, 4.69) is 22.0 Å². The van der Waals surface area contributed by atoms with Crippen molar-refractivity contribution in [3.8, 4) is 0 Å². The van der Waals surface area contributed by atoms with E-state index in [1.807, 2.05) is 18.2 Å². The summed E-state index contributed by atoms with van der Waals surface area (Å²) in [5, 5.41) is 0. The first-order valence-electron chi connectivity index (χ1n) is 9.20. The summed E-state index contributed by atoms with van der Waals surface area (Å²) in [6.07, 6.45) is 0. The van der Waals surface area contributed by atoms with Gasteiger partial charge in [-0.25, -0.2) is 0 Å². The van der Waals surface area contributed by atoms with E-state index < -0.39 is 0 Å². The average Bonchev–Trinajstić information content (AvgIpc) is 2.70. The topological polar surface area (TPSA) is 72.5 Å². The molecule has 0 amide bonds. The van der Waals surface area contributed by atoms with Crippen LogP contribution in [0.4, 0.5) is 0 Å². The number of ketones is 1. The highest BCUT2D eigenvalue weighted by Crippen LogP contribution is 2.20. The smallest absolute Gasteiger partial charge is 0.159 e. The van der Waals surface area contributed by atoms with Gasteiger partial charge in [-0.2, -0.15) is 0 Å². The summed E-state index contributed by atoms with van der Waals surface area (Å²) >= 11 is 2.18. The summed E-state index contributed by atoms with van der Waals surface area (Å²) in [5.41, 5.74) is 1.68. The average molecular weight is 528 g/mol.